The monoisotopic (exact) mass is 299 g/mol. The Hall–Kier alpha value is -0.890. The molecule has 2 heterocycles. The van der Waals surface area contributed by atoms with Crippen molar-refractivity contribution >= 4 is 10.0 Å². The number of aryl methyl sites for hydroxylation is 1. The standard InChI is InChI=1S/C13H21N3O3S/c1-14-9-13(8-12(14)10-17)20(18,19)16-6-4-15(5-7-16)11-2-3-11/h8-9,11,17H,2-7,10H2,1H3. The van der Waals surface area contributed by atoms with Gasteiger partial charge >= 0.3 is 0 Å². The second kappa shape index (κ2) is 5.14. The van der Waals surface area contributed by atoms with Crippen molar-refractivity contribution in [2.75, 3.05) is 26.2 Å². The minimum atomic E-state index is -3.43. The van der Waals surface area contributed by atoms with E-state index in [0.717, 1.165) is 13.1 Å². The van der Waals surface area contributed by atoms with Gasteiger partial charge in [-0.15, -0.1) is 0 Å². The number of piperazine rings is 1. The van der Waals surface area contributed by atoms with Gasteiger partial charge in [-0.2, -0.15) is 4.31 Å². The smallest absolute Gasteiger partial charge is 0.244 e. The van der Waals surface area contributed by atoms with Crippen molar-refractivity contribution in [3.8, 4) is 0 Å². The Balaban J connectivity index is 1.74. The zero-order valence-electron chi connectivity index (χ0n) is 11.7. The predicted octanol–water partition coefficient (Wildman–Crippen LogP) is -0.0139. The first-order chi connectivity index (χ1) is 9.52. The molecule has 1 saturated carbocycles. The Bertz CT molecular complexity index is 584. The van der Waals surface area contributed by atoms with Crippen molar-refractivity contribution in [2.24, 2.45) is 7.05 Å². The average Bonchev–Trinajstić information content (AvgIpc) is 3.22. The van der Waals surface area contributed by atoms with Crippen LogP contribution in [0.2, 0.25) is 0 Å². The number of aliphatic hydroxyl groups is 1. The lowest BCUT2D eigenvalue weighted by Gasteiger charge is -2.33. The molecule has 112 valence electrons. The van der Waals surface area contributed by atoms with E-state index in [1.807, 2.05) is 0 Å². The highest BCUT2D eigenvalue weighted by Gasteiger charge is 2.35. The van der Waals surface area contributed by atoms with E-state index in [2.05, 4.69) is 4.90 Å². The highest BCUT2D eigenvalue weighted by Crippen LogP contribution is 2.28. The van der Waals surface area contributed by atoms with Gasteiger partial charge in [-0.25, -0.2) is 8.42 Å². The number of aliphatic hydroxyl groups excluding tert-OH is 1. The number of hydrogen-bond acceptors (Lipinski definition) is 4. The normalized spacial score (nSPS) is 22.3. The van der Waals surface area contributed by atoms with Gasteiger partial charge in [0.05, 0.1) is 6.61 Å². The Morgan fingerprint density at radius 3 is 2.40 bits per heavy atom. The Morgan fingerprint density at radius 2 is 1.90 bits per heavy atom. The fraction of sp³-hybridized carbons (Fsp3) is 0.692. The summed E-state index contributed by atoms with van der Waals surface area (Å²) in [5.74, 6) is 0. The highest BCUT2D eigenvalue weighted by molar-refractivity contribution is 7.89. The maximum absolute atomic E-state index is 12.6. The first-order valence-corrected chi connectivity index (χ1v) is 8.46. The van der Waals surface area contributed by atoms with Crippen LogP contribution in [0.15, 0.2) is 17.2 Å². The van der Waals surface area contributed by atoms with Crippen molar-refractivity contribution in [2.45, 2.75) is 30.4 Å². The van der Waals surface area contributed by atoms with Gasteiger partial charge in [0, 0.05) is 51.2 Å². The molecule has 0 bridgehead atoms. The molecule has 1 aliphatic heterocycles. The second-order valence-electron chi connectivity index (χ2n) is 5.61. The van der Waals surface area contributed by atoms with Crippen LogP contribution in [-0.2, 0) is 23.7 Å². The van der Waals surface area contributed by atoms with Crippen LogP contribution in [0.4, 0.5) is 0 Å². The van der Waals surface area contributed by atoms with Gasteiger partial charge in [0.2, 0.25) is 10.0 Å². The van der Waals surface area contributed by atoms with Gasteiger partial charge in [-0.3, -0.25) is 4.90 Å². The van der Waals surface area contributed by atoms with Crippen LogP contribution in [0.3, 0.4) is 0 Å². The SMILES string of the molecule is Cn1cc(S(=O)(=O)N2CCN(C3CC3)CC2)cc1CO. The zero-order chi connectivity index (χ0) is 14.3. The molecule has 0 amide bonds. The van der Waals surface area contributed by atoms with E-state index in [1.54, 1.807) is 28.2 Å². The van der Waals surface area contributed by atoms with E-state index >= 15 is 0 Å². The number of rotatable bonds is 4. The van der Waals surface area contributed by atoms with Gasteiger partial charge in [0.15, 0.2) is 0 Å². The lowest BCUT2D eigenvalue weighted by molar-refractivity contribution is 0.180. The quantitative estimate of drug-likeness (QED) is 0.849. The van der Waals surface area contributed by atoms with Crippen molar-refractivity contribution in [1.29, 1.82) is 0 Å². The summed E-state index contributed by atoms with van der Waals surface area (Å²) in [7, 11) is -1.68. The Morgan fingerprint density at radius 1 is 1.25 bits per heavy atom. The fourth-order valence-corrected chi connectivity index (χ4v) is 4.29. The molecule has 0 atom stereocenters. The summed E-state index contributed by atoms with van der Waals surface area (Å²) in [6.07, 6.45) is 4.09. The Kier molecular flexibility index (Phi) is 3.62. The number of hydrogen-bond donors (Lipinski definition) is 1. The molecule has 1 aromatic rings. The van der Waals surface area contributed by atoms with Crippen LogP contribution in [0.1, 0.15) is 18.5 Å². The first kappa shape index (κ1) is 14.1. The molecule has 7 heteroatoms. The minimum Gasteiger partial charge on any atom is -0.390 e. The summed E-state index contributed by atoms with van der Waals surface area (Å²) >= 11 is 0. The van der Waals surface area contributed by atoms with Gasteiger partial charge in [0.1, 0.15) is 4.90 Å². The van der Waals surface area contributed by atoms with E-state index < -0.39 is 10.0 Å². The van der Waals surface area contributed by atoms with E-state index in [4.69, 9.17) is 0 Å². The summed E-state index contributed by atoms with van der Waals surface area (Å²) in [6, 6.07) is 2.25. The third-order valence-electron chi connectivity index (χ3n) is 4.22. The van der Waals surface area contributed by atoms with Gasteiger partial charge in [0.25, 0.3) is 0 Å². The summed E-state index contributed by atoms with van der Waals surface area (Å²) in [5, 5.41) is 9.17. The number of sulfonamides is 1. The van der Waals surface area contributed by atoms with Crippen LogP contribution >= 0.6 is 0 Å². The van der Waals surface area contributed by atoms with Crippen LogP contribution in [0, 0.1) is 0 Å². The van der Waals surface area contributed by atoms with Crippen LogP contribution < -0.4 is 0 Å². The van der Waals surface area contributed by atoms with Gasteiger partial charge in [-0.05, 0) is 18.9 Å². The fourth-order valence-electron chi connectivity index (χ4n) is 2.77. The summed E-state index contributed by atoms with van der Waals surface area (Å²) < 4.78 is 28.4. The average molecular weight is 299 g/mol. The van der Waals surface area contributed by atoms with E-state index in [9.17, 15) is 13.5 Å². The van der Waals surface area contributed by atoms with Crippen LogP contribution in [-0.4, -0.2) is 59.5 Å². The third-order valence-corrected chi connectivity index (χ3v) is 6.08. The molecule has 1 aliphatic carbocycles. The molecule has 1 N–H and O–H groups in total. The number of aromatic nitrogens is 1. The zero-order valence-corrected chi connectivity index (χ0v) is 12.5. The molecule has 1 aromatic heterocycles. The lowest BCUT2D eigenvalue weighted by atomic mass is 10.3. The van der Waals surface area contributed by atoms with Crippen molar-refractivity contribution in [1.82, 2.24) is 13.8 Å². The summed E-state index contributed by atoms with van der Waals surface area (Å²) in [6.45, 7) is 2.61. The Labute approximate surface area is 119 Å². The molecular weight excluding hydrogens is 278 g/mol. The summed E-state index contributed by atoms with van der Waals surface area (Å²) in [5.41, 5.74) is 0.611. The highest BCUT2D eigenvalue weighted by atomic mass is 32.2. The van der Waals surface area contributed by atoms with Crippen molar-refractivity contribution < 1.29 is 13.5 Å². The maximum Gasteiger partial charge on any atom is 0.244 e. The second-order valence-corrected chi connectivity index (χ2v) is 7.55. The van der Waals surface area contributed by atoms with Gasteiger partial charge < -0.3 is 9.67 Å². The minimum absolute atomic E-state index is 0.151. The molecule has 0 aromatic carbocycles. The molecule has 1 saturated heterocycles. The van der Waals surface area contributed by atoms with E-state index in [1.165, 1.54) is 12.8 Å². The molecule has 0 unspecified atom stereocenters. The number of nitrogens with zero attached hydrogens (tertiary/aromatic N) is 3. The van der Waals surface area contributed by atoms with Gasteiger partial charge in [-0.1, -0.05) is 0 Å². The van der Waals surface area contributed by atoms with Crippen LogP contribution in [0.5, 0.6) is 0 Å². The lowest BCUT2D eigenvalue weighted by Crippen LogP contribution is -2.49. The molecule has 2 aliphatic rings. The molecule has 3 rings (SSSR count). The predicted molar refractivity (Wildman–Crippen MR) is 74.7 cm³/mol. The largest absolute Gasteiger partial charge is 0.390 e. The molecule has 20 heavy (non-hydrogen) atoms. The van der Waals surface area contributed by atoms with E-state index in [-0.39, 0.29) is 11.5 Å². The van der Waals surface area contributed by atoms with E-state index in [0.29, 0.717) is 24.8 Å². The van der Waals surface area contributed by atoms with Crippen molar-refractivity contribution in [3.05, 3.63) is 18.0 Å². The molecule has 6 nitrogen and oxygen atoms in total. The van der Waals surface area contributed by atoms with Crippen molar-refractivity contribution in [3.63, 3.8) is 0 Å². The topological polar surface area (TPSA) is 65.8 Å². The molecule has 0 spiro atoms. The molecule has 2 fully saturated rings. The maximum atomic E-state index is 12.6. The first-order valence-electron chi connectivity index (χ1n) is 7.02. The summed E-state index contributed by atoms with van der Waals surface area (Å²) in [4.78, 5) is 2.67. The van der Waals surface area contributed by atoms with Crippen LogP contribution in [0.25, 0.3) is 0 Å². The molecule has 0 radical (unpaired) electrons. The molecular formula is C13H21N3O3S. The third kappa shape index (κ3) is 2.50.